The summed E-state index contributed by atoms with van der Waals surface area (Å²) in [6.45, 7) is 5.96. The molecule has 2 heterocycles. The van der Waals surface area contributed by atoms with Crippen molar-refractivity contribution >= 4 is 35.6 Å². The van der Waals surface area contributed by atoms with Gasteiger partial charge in [-0.1, -0.05) is 0 Å². The summed E-state index contributed by atoms with van der Waals surface area (Å²) in [5.41, 5.74) is 5.58. The standard InChI is InChI=1S/C13H19N3O2S.ClH/c1-9-3-4-11(19-9)13(18)16-7-5-15(6-8-16)12(17)10(2)14;/h3-4,10H,5-8,14H2,1-2H3;1H/t10-;/m1./s1. The molecule has 0 bridgehead atoms. The summed E-state index contributed by atoms with van der Waals surface area (Å²) in [4.78, 5) is 29.4. The van der Waals surface area contributed by atoms with E-state index in [-0.39, 0.29) is 24.2 Å². The van der Waals surface area contributed by atoms with Gasteiger partial charge in [0.2, 0.25) is 5.91 Å². The maximum Gasteiger partial charge on any atom is 0.264 e. The van der Waals surface area contributed by atoms with E-state index in [1.54, 1.807) is 16.7 Å². The molecule has 2 amide bonds. The zero-order chi connectivity index (χ0) is 14.0. The van der Waals surface area contributed by atoms with Gasteiger partial charge >= 0.3 is 0 Å². The van der Waals surface area contributed by atoms with Crippen molar-refractivity contribution in [2.24, 2.45) is 5.73 Å². The molecule has 5 nitrogen and oxygen atoms in total. The number of nitrogens with two attached hydrogens (primary N) is 1. The first-order chi connectivity index (χ1) is 8.99. The zero-order valence-electron chi connectivity index (χ0n) is 11.7. The molecule has 0 aromatic carbocycles. The van der Waals surface area contributed by atoms with E-state index in [2.05, 4.69) is 0 Å². The highest BCUT2D eigenvalue weighted by atomic mass is 35.5. The summed E-state index contributed by atoms with van der Waals surface area (Å²) in [6, 6.07) is 3.34. The van der Waals surface area contributed by atoms with Gasteiger partial charge in [-0.3, -0.25) is 9.59 Å². The average Bonchev–Trinajstić information content (AvgIpc) is 2.84. The lowest BCUT2D eigenvalue weighted by molar-refractivity contribution is -0.133. The van der Waals surface area contributed by atoms with E-state index in [4.69, 9.17) is 5.73 Å². The summed E-state index contributed by atoms with van der Waals surface area (Å²) >= 11 is 1.51. The van der Waals surface area contributed by atoms with Gasteiger partial charge in [0.1, 0.15) is 0 Å². The van der Waals surface area contributed by atoms with Crippen LogP contribution in [0, 0.1) is 6.92 Å². The van der Waals surface area contributed by atoms with Gasteiger partial charge in [0.05, 0.1) is 10.9 Å². The molecule has 1 aromatic rings. The molecule has 0 unspecified atom stereocenters. The SMILES string of the molecule is Cc1ccc(C(=O)N2CCN(C(=O)[C@@H](C)N)CC2)s1.Cl. The highest BCUT2D eigenvalue weighted by molar-refractivity contribution is 7.13. The third-order valence-corrected chi connectivity index (χ3v) is 4.21. The third kappa shape index (κ3) is 3.71. The molecule has 0 radical (unpaired) electrons. The first-order valence-corrected chi connectivity index (χ1v) is 7.21. The number of piperazine rings is 1. The maximum atomic E-state index is 12.2. The third-order valence-electron chi connectivity index (χ3n) is 3.22. The summed E-state index contributed by atoms with van der Waals surface area (Å²) in [5, 5.41) is 0. The van der Waals surface area contributed by atoms with Crippen LogP contribution in [0.4, 0.5) is 0 Å². The van der Waals surface area contributed by atoms with Crippen LogP contribution in [0.5, 0.6) is 0 Å². The number of hydrogen-bond acceptors (Lipinski definition) is 4. The second-order valence-corrected chi connectivity index (χ2v) is 6.10. The Bertz CT molecular complexity index is 482. The minimum absolute atomic E-state index is 0. The summed E-state index contributed by atoms with van der Waals surface area (Å²) < 4.78 is 0. The summed E-state index contributed by atoms with van der Waals surface area (Å²) in [5.74, 6) is 0.0186. The first-order valence-electron chi connectivity index (χ1n) is 6.39. The fraction of sp³-hybridized carbons (Fsp3) is 0.538. The fourth-order valence-corrected chi connectivity index (χ4v) is 2.96. The molecule has 1 atom stereocenters. The molecule has 2 rings (SSSR count). The lowest BCUT2D eigenvalue weighted by Gasteiger charge is -2.35. The number of carbonyl (C=O) groups is 2. The Morgan fingerprint density at radius 3 is 2.20 bits per heavy atom. The van der Waals surface area contributed by atoms with Gasteiger partial charge < -0.3 is 15.5 Å². The molecule has 2 N–H and O–H groups in total. The smallest absolute Gasteiger partial charge is 0.264 e. The molecule has 20 heavy (non-hydrogen) atoms. The summed E-state index contributed by atoms with van der Waals surface area (Å²) in [6.07, 6.45) is 0. The second-order valence-electron chi connectivity index (χ2n) is 4.82. The van der Waals surface area contributed by atoms with E-state index < -0.39 is 6.04 Å². The van der Waals surface area contributed by atoms with Crippen molar-refractivity contribution in [3.63, 3.8) is 0 Å². The van der Waals surface area contributed by atoms with Gasteiger partial charge in [0.25, 0.3) is 5.91 Å². The van der Waals surface area contributed by atoms with Crippen LogP contribution < -0.4 is 5.73 Å². The molecule has 0 aliphatic carbocycles. The van der Waals surface area contributed by atoms with E-state index in [1.807, 2.05) is 19.1 Å². The number of carbonyl (C=O) groups excluding carboxylic acids is 2. The minimum Gasteiger partial charge on any atom is -0.338 e. The molecule has 1 aromatic heterocycles. The zero-order valence-corrected chi connectivity index (χ0v) is 13.3. The van der Waals surface area contributed by atoms with Gasteiger partial charge in [-0.2, -0.15) is 0 Å². The first kappa shape index (κ1) is 16.9. The quantitative estimate of drug-likeness (QED) is 0.888. The van der Waals surface area contributed by atoms with E-state index in [0.717, 1.165) is 9.75 Å². The van der Waals surface area contributed by atoms with Gasteiger partial charge in [-0.25, -0.2) is 0 Å². The number of nitrogens with zero attached hydrogens (tertiary/aromatic N) is 2. The molecule has 0 saturated carbocycles. The number of rotatable bonds is 2. The number of hydrogen-bond donors (Lipinski definition) is 1. The van der Waals surface area contributed by atoms with Gasteiger partial charge in [0, 0.05) is 31.1 Å². The van der Waals surface area contributed by atoms with Gasteiger partial charge in [-0.05, 0) is 26.0 Å². The average molecular weight is 318 g/mol. The monoisotopic (exact) mass is 317 g/mol. The van der Waals surface area contributed by atoms with E-state index in [9.17, 15) is 9.59 Å². The fourth-order valence-electron chi connectivity index (χ4n) is 2.12. The van der Waals surface area contributed by atoms with Crippen LogP contribution in [0.1, 0.15) is 21.5 Å². The number of halogens is 1. The lowest BCUT2D eigenvalue weighted by atomic mass is 10.2. The Balaban J connectivity index is 0.00000200. The molecular formula is C13H20ClN3O2S. The molecule has 112 valence electrons. The van der Waals surface area contributed by atoms with Crippen molar-refractivity contribution in [3.8, 4) is 0 Å². The van der Waals surface area contributed by atoms with Crippen molar-refractivity contribution in [1.29, 1.82) is 0 Å². The molecule has 1 saturated heterocycles. The topological polar surface area (TPSA) is 66.6 Å². The van der Waals surface area contributed by atoms with Gasteiger partial charge in [-0.15, -0.1) is 23.7 Å². The normalized spacial score (nSPS) is 16.6. The molecule has 0 spiro atoms. The predicted molar refractivity (Wildman–Crippen MR) is 82.4 cm³/mol. The van der Waals surface area contributed by atoms with E-state index in [1.165, 1.54) is 11.3 Å². The molecular weight excluding hydrogens is 298 g/mol. The molecule has 1 aliphatic rings. The highest BCUT2D eigenvalue weighted by Gasteiger charge is 2.26. The Hall–Kier alpha value is -1.11. The van der Waals surface area contributed by atoms with Crippen LogP contribution in [0.15, 0.2) is 12.1 Å². The predicted octanol–water partition coefficient (Wildman–Crippen LogP) is 1.11. The number of aryl methyl sites for hydroxylation is 1. The Morgan fingerprint density at radius 1 is 1.20 bits per heavy atom. The number of thiophene rings is 1. The van der Waals surface area contributed by atoms with Crippen molar-refractivity contribution in [2.45, 2.75) is 19.9 Å². The lowest BCUT2D eigenvalue weighted by Crippen LogP contribution is -2.53. The Morgan fingerprint density at radius 2 is 1.75 bits per heavy atom. The maximum absolute atomic E-state index is 12.2. The number of amides is 2. The van der Waals surface area contributed by atoms with Crippen LogP contribution in [0.25, 0.3) is 0 Å². The largest absolute Gasteiger partial charge is 0.338 e. The van der Waals surface area contributed by atoms with Crippen molar-refractivity contribution in [3.05, 3.63) is 21.9 Å². The van der Waals surface area contributed by atoms with E-state index in [0.29, 0.717) is 26.2 Å². The van der Waals surface area contributed by atoms with Crippen molar-refractivity contribution < 1.29 is 9.59 Å². The van der Waals surface area contributed by atoms with Crippen molar-refractivity contribution in [2.75, 3.05) is 26.2 Å². The van der Waals surface area contributed by atoms with Crippen LogP contribution in [-0.2, 0) is 4.79 Å². The van der Waals surface area contributed by atoms with Crippen LogP contribution in [0.2, 0.25) is 0 Å². The Kier molecular flexibility index (Phi) is 5.98. The van der Waals surface area contributed by atoms with Crippen LogP contribution in [-0.4, -0.2) is 53.8 Å². The summed E-state index contributed by atoms with van der Waals surface area (Å²) in [7, 11) is 0. The molecule has 1 aliphatic heterocycles. The van der Waals surface area contributed by atoms with Gasteiger partial charge in [0.15, 0.2) is 0 Å². The minimum atomic E-state index is -0.470. The Labute approximate surface area is 129 Å². The molecule has 1 fully saturated rings. The van der Waals surface area contributed by atoms with Crippen LogP contribution >= 0.6 is 23.7 Å². The molecule has 7 heteroatoms. The second kappa shape index (κ2) is 7.06. The van der Waals surface area contributed by atoms with E-state index >= 15 is 0 Å². The van der Waals surface area contributed by atoms with Crippen LogP contribution in [0.3, 0.4) is 0 Å². The highest BCUT2D eigenvalue weighted by Crippen LogP contribution is 2.18. The van der Waals surface area contributed by atoms with Crippen molar-refractivity contribution in [1.82, 2.24) is 9.80 Å².